The molecule has 0 spiro atoms. The van der Waals surface area contributed by atoms with E-state index in [4.69, 9.17) is 16.0 Å². The van der Waals surface area contributed by atoms with Crippen molar-refractivity contribution in [3.63, 3.8) is 0 Å². The van der Waals surface area contributed by atoms with Crippen molar-refractivity contribution in [3.8, 4) is 11.3 Å². The monoisotopic (exact) mass is 446 g/mol. The highest BCUT2D eigenvalue weighted by Crippen LogP contribution is 2.23. The number of pyridine rings is 1. The zero-order valence-electron chi connectivity index (χ0n) is 16.9. The Morgan fingerprint density at radius 1 is 0.906 bits per heavy atom. The molecule has 8 heteroatoms. The number of carbonyl (C=O) groups excluding carboxylic acids is 2. The highest BCUT2D eigenvalue weighted by atomic mass is 35.5. The standard InChI is InChI=1S/C24H19ClN4O3/c25-18-7-3-16(4-8-18)21-15-27-23(32-21)12-11-22(30)28-19-9-5-17(6-10-19)24(31)29-20-2-1-13-26-14-20/h1-10,13-15H,11-12H2,(H,28,30)(H,29,31). The van der Waals surface area contributed by atoms with Crippen LogP contribution in [0.15, 0.2) is 83.7 Å². The summed E-state index contributed by atoms with van der Waals surface area (Å²) in [7, 11) is 0. The second kappa shape index (κ2) is 9.89. The third-order valence-electron chi connectivity index (χ3n) is 4.60. The summed E-state index contributed by atoms with van der Waals surface area (Å²) in [5, 5.41) is 6.21. The van der Waals surface area contributed by atoms with Gasteiger partial charge in [-0.1, -0.05) is 11.6 Å². The molecule has 4 aromatic rings. The van der Waals surface area contributed by atoms with Gasteiger partial charge in [0.2, 0.25) is 5.91 Å². The third-order valence-corrected chi connectivity index (χ3v) is 4.85. The van der Waals surface area contributed by atoms with E-state index in [1.54, 1.807) is 67.1 Å². The molecular weight excluding hydrogens is 428 g/mol. The van der Waals surface area contributed by atoms with E-state index < -0.39 is 0 Å². The predicted molar refractivity (Wildman–Crippen MR) is 123 cm³/mol. The van der Waals surface area contributed by atoms with Crippen LogP contribution in [-0.2, 0) is 11.2 Å². The summed E-state index contributed by atoms with van der Waals surface area (Å²) in [4.78, 5) is 32.7. The van der Waals surface area contributed by atoms with Crippen LogP contribution < -0.4 is 10.6 Å². The fourth-order valence-electron chi connectivity index (χ4n) is 2.96. The van der Waals surface area contributed by atoms with Gasteiger partial charge in [-0.05, 0) is 60.7 Å². The Hall–Kier alpha value is -3.97. The first-order valence-corrected chi connectivity index (χ1v) is 10.3. The van der Waals surface area contributed by atoms with E-state index in [0.29, 0.717) is 40.0 Å². The van der Waals surface area contributed by atoms with Crippen LogP contribution >= 0.6 is 11.6 Å². The van der Waals surface area contributed by atoms with E-state index in [9.17, 15) is 9.59 Å². The smallest absolute Gasteiger partial charge is 0.255 e. The molecule has 0 aliphatic heterocycles. The average molecular weight is 447 g/mol. The molecule has 0 unspecified atom stereocenters. The number of aryl methyl sites for hydroxylation is 1. The average Bonchev–Trinajstić information content (AvgIpc) is 3.28. The highest BCUT2D eigenvalue weighted by molar-refractivity contribution is 6.30. The molecule has 2 amide bonds. The Labute approximate surface area is 189 Å². The molecule has 160 valence electrons. The fourth-order valence-corrected chi connectivity index (χ4v) is 3.09. The number of anilines is 2. The van der Waals surface area contributed by atoms with E-state index in [2.05, 4.69) is 20.6 Å². The lowest BCUT2D eigenvalue weighted by atomic mass is 10.2. The van der Waals surface area contributed by atoms with Crippen LogP contribution in [0.25, 0.3) is 11.3 Å². The van der Waals surface area contributed by atoms with Crippen molar-refractivity contribution in [2.75, 3.05) is 10.6 Å². The second-order valence-electron chi connectivity index (χ2n) is 6.95. The van der Waals surface area contributed by atoms with Gasteiger partial charge in [0, 0.05) is 40.9 Å². The Morgan fingerprint density at radius 3 is 2.41 bits per heavy atom. The van der Waals surface area contributed by atoms with E-state index in [1.165, 1.54) is 0 Å². The number of amides is 2. The molecule has 2 aromatic carbocycles. The highest BCUT2D eigenvalue weighted by Gasteiger charge is 2.11. The number of benzene rings is 2. The Morgan fingerprint density at radius 2 is 1.69 bits per heavy atom. The Kier molecular flexibility index (Phi) is 6.57. The maximum absolute atomic E-state index is 12.3. The number of rotatable bonds is 7. The maximum Gasteiger partial charge on any atom is 0.255 e. The third kappa shape index (κ3) is 5.59. The van der Waals surface area contributed by atoms with Crippen LogP contribution in [0, 0.1) is 0 Å². The van der Waals surface area contributed by atoms with E-state index in [-0.39, 0.29) is 18.2 Å². The van der Waals surface area contributed by atoms with Crippen LogP contribution in [0.3, 0.4) is 0 Å². The van der Waals surface area contributed by atoms with Crippen molar-refractivity contribution < 1.29 is 14.0 Å². The number of hydrogen-bond acceptors (Lipinski definition) is 5. The zero-order valence-corrected chi connectivity index (χ0v) is 17.7. The van der Waals surface area contributed by atoms with Crippen LogP contribution in [0.1, 0.15) is 22.7 Å². The minimum Gasteiger partial charge on any atom is -0.441 e. The zero-order chi connectivity index (χ0) is 22.3. The van der Waals surface area contributed by atoms with Crippen LogP contribution in [-0.4, -0.2) is 21.8 Å². The first-order chi connectivity index (χ1) is 15.6. The van der Waals surface area contributed by atoms with Gasteiger partial charge in [-0.25, -0.2) is 4.98 Å². The summed E-state index contributed by atoms with van der Waals surface area (Å²) < 4.78 is 5.72. The molecule has 32 heavy (non-hydrogen) atoms. The summed E-state index contributed by atoms with van der Waals surface area (Å²) in [5.41, 5.74) is 2.55. The minimum atomic E-state index is -0.253. The summed E-state index contributed by atoms with van der Waals surface area (Å²) in [6.45, 7) is 0. The number of hydrogen-bond donors (Lipinski definition) is 2. The SMILES string of the molecule is O=C(CCc1ncc(-c2ccc(Cl)cc2)o1)Nc1ccc(C(=O)Nc2cccnc2)cc1. The topological polar surface area (TPSA) is 97.1 Å². The van der Waals surface area contributed by atoms with Gasteiger partial charge in [0.1, 0.15) is 0 Å². The number of nitrogens with one attached hydrogen (secondary N) is 2. The number of aromatic nitrogens is 2. The first-order valence-electron chi connectivity index (χ1n) is 9.89. The van der Waals surface area contributed by atoms with Gasteiger partial charge in [-0.15, -0.1) is 0 Å². The Balaban J connectivity index is 1.28. The molecular formula is C24H19ClN4O3. The van der Waals surface area contributed by atoms with Gasteiger partial charge in [-0.3, -0.25) is 14.6 Å². The van der Waals surface area contributed by atoms with Gasteiger partial charge < -0.3 is 15.1 Å². The van der Waals surface area contributed by atoms with Crippen LogP contribution in [0.5, 0.6) is 0 Å². The molecule has 4 rings (SSSR count). The lowest BCUT2D eigenvalue weighted by Gasteiger charge is -2.07. The van der Waals surface area contributed by atoms with Crippen LogP contribution in [0.4, 0.5) is 11.4 Å². The fraction of sp³-hybridized carbons (Fsp3) is 0.0833. The summed E-state index contributed by atoms with van der Waals surface area (Å²) >= 11 is 5.90. The predicted octanol–water partition coefficient (Wildman–Crippen LogP) is 5.21. The quantitative estimate of drug-likeness (QED) is 0.406. The van der Waals surface area contributed by atoms with Gasteiger partial charge in [0.05, 0.1) is 18.1 Å². The second-order valence-corrected chi connectivity index (χ2v) is 7.38. The number of halogens is 1. The minimum absolute atomic E-state index is 0.177. The number of nitrogens with zero attached hydrogens (tertiary/aromatic N) is 2. The van der Waals surface area contributed by atoms with Crippen molar-refractivity contribution >= 4 is 34.8 Å². The van der Waals surface area contributed by atoms with Gasteiger partial charge in [-0.2, -0.15) is 0 Å². The maximum atomic E-state index is 12.3. The molecule has 2 heterocycles. The molecule has 2 N–H and O–H groups in total. The molecule has 2 aromatic heterocycles. The van der Waals surface area contributed by atoms with Crippen LogP contribution in [0.2, 0.25) is 5.02 Å². The first kappa shape index (κ1) is 21.3. The number of carbonyl (C=O) groups is 2. The summed E-state index contributed by atoms with van der Waals surface area (Å²) in [5.74, 6) is 0.671. The molecule has 0 saturated carbocycles. The van der Waals surface area contributed by atoms with Crippen molar-refractivity contribution in [3.05, 3.63) is 95.7 Å². The normalized spacial score (nSPS) is 10.5. The van der Waals surface area contributed by atoms with Gasteiger partial charge >= 0.3 is 0 Å². The van der Waals surface area contributed by atoms with Gasteiger partial charge in [0.25, 0.3) is 5.91 Å². The van der Waals surface area contributed by atoms with Crippen molar-refractivity contribution in [1.82, 2.24) is 9.97 Å². The van der Waals surface area contributed by atoms with E-state index >= 15 is 0 Å². The van der Waals surface area contributed by atoms with Gasteiger partial charge in [0.15, 0.2) is 11.7 Å². The summed E-state index contributed by atoms with van der Waals surface area (Å²) in [6.07, 6.45) is 5.41. The lowest BCUT2D eigenvalue weighted by Crippen LogP contribution is -2.14. The molecule has 0 aliphatic carbocycles. The molecule has 0 saturated heterocycles. The molecule has 0 radical (unpaired) electrons. The lowest BCUT2D eigenvalue weighted by molar-refractivity contribution is -0.116. The number of oxazole rings is 1. The van der Waals surface area contributed by atoms with Crippen molar-refractivity contribution in [1.29, 1.82) is 0 Å². The largest absolute Gasteiger partial charge is 0.441 e. The van der Waals surface area contributed by atoms with E-state index in [1.807, 2.05) is 12.1 Å². The molecule has 0 fully saturated rings. The Bertz CT molecular complexity index is 1210. The molecule has 7 nitrogen and oxygen atoms in total. The van der Waals surface area contributed by atoms with Crippen molar-refractivity contribution in [2.24, 2.45) is 0 Å². The van der Waals surface area contributed by atoms with E-state index in [0.717, 1.165) is 5.56 Å². The molecule has 0 aliphatic rings. The molecule has 0 atom stereocenters. The summed E-state index contributed by atoms with van der Waals surface area (Å²) in [6, 6.07) is 17.4. The molecule has 0 bridgehead atoms. The van der Waals surface area contributed by atoms with Crippen molar-refractivity contribution in [2.45, 2.75) is 12.8 Å².